The van der Waals surface area contributed by atoms with Gasteiger partial charge in [0.25, 0.3) is 0 Å². The summed E-state index contributed by atoms with van der Waals surface area (Å²) in [5, 5.41) is 1.02. The first-order chi connectivity index (χ1) is 9.59. The quantitative estimate of drug-likeness (QED) is 0.565. The summed E-state index contributed by atoms with van der Waals surface area (Å²) in [6.07, 6.45) is 0. The van der Waals surface area contributed by atoms with E-state index in [1.165, 1.54) is 12.1 Å². The Balaban J connectivity index is 2.42. The van der Waals surface area contributed by atoms with Crippen LogP contribution in [0, 0.1) is 12.7 Å². The average Bonchev–Trinajstić information content (AvgIpc) is 2.47. The van der Waals surface area contributed by atoms with E-state index < -0.39 is 5.82 Å². The molecule has 0 aliphatic carbocycles. The summed E-state index contributed by atoms with van der Waals surface area (Å²) in [5.74, 6) is -0.412. The van der Waals surface area contributed by atoms with E-state index in [1.54, 1.807) is 0 Å². The van der Waals surface area contributed by atoms with Crippen LogP contribution in [-0.4, -0.2) is 4.98 Å². The second kappa shape index (κ2) is 5.04. The monoisotopic (exact) mass is 305 g/mol. The highest BCUT2D eigenvalue weighted by atomic mass is 35.5. The standard InChI is InChI=1S/C16H10Cl2FN/c1-9-14(18)13-12(19)8-7-11(17)16(13)20-15(9)10-5-3-2-4-6-10/h2-8H,1H3. The van der Waals surface area contributed by atoms with E-state index in [0.29, 0.717) is 15.6 Å². The fourth-order valence-electron chi connectivity index (χ4n) is 2.22. The number of hydrogen-bond acceptors (Lipinski definition) is 1. The number of nitrogens with zero attached hydrogens (tertiary/aromatic N) is 1. The van der Waals surface area contributed by atoms with Crippen molar-refractivity contribution in [2.75, 3.05) is 0 Å². The summed E-state index contributed by atoms with van der Waals surface area (Å²) >= 11 is 12.4. The molecule has 0 fully saturated rings. The maximum atomic E-state index is 14.0. The fraction of sp³-hybridized carbons (Fsp3) is 0.0625. The molecule has 0 saturated carbocycles. The maximum absolute atomic E-state index is 14.0. The van der Waals surface area contributed by atoms with E-state index in [2.05, 4.69) is 4.98 Å². The van der Waals surface area contributed by atoms with E-state index in [0.717, 1.165) is 16.8 Å². The fourth-order valence-corrected chi connectivity index (χ4v) is 2.69. The molecule has 0 bridgehead atoms. The van der Waals surface area contributed by atoms with Gasteiger partial charge in [-0.05, 0) is 24.6 Å². The van der Waals surface area contributed by atoms with Crippen LogP contribution in [0.4, 0.5) is 4.39 Å². The van der Waals surface area contributed by atoms with Crippen LogP contribution in [0.15, 0.2) is 42.5 Å². The Labute approximate surface area is 126 Å². The van der Waals surface area contributed by atoms with E-state index in [9.17, 15) is 4.39 Å². The minimum absolute atomic E-state index is 0.274. The third kappa shape index (κ3) is 2.05. The lowest BCUT2D eigenvalue weighted by Gasteiger charge is -2.12. The number of halogens is 3. The first-order valence-electron chi connectivity index (χ1n) is 6.09. The van der Waals surface area contributed by atoms with E-state index in [-0.39, 0.29) is 5.39 Å². The smallest absolute Gasteiger partial charge is 0.134 e. The largest absolute Gasteiger partial charge is 0.246 e. The first-order valence-corrected chi connectivity index (χ1v) is 6.84. The lowest BCUT2D eigenvalue weighted by atomic mass is 10.0. The van der Waals surface area contributed by atoms with Crippen LogP contribution in [0.2, 0.25) is 10.0 Å². The maximum Gasteiger partial charge on any atom is 0.134 e. The van der Waals surface area contributed by atoms with Gasteiger partial charge in [0.05, 0.1) is 26.6 Å². The third-order valence-electron chi connectivity index (χ3n) is 3.25. The van der Waals surface area contributed by atoms with Crippen LogP contribution in [0.1, 0.15) is 5.56 Å². The van der Waals surface area contributed by atoms with Crippen LogP contribution < -0.4 is 0 Å². The molecule has 20 heavy (non-hydrogen) atoms. The van der Waals surface area contributed by atoms with Crippen molar-refractivity contribution in [2.24, 2.45) is 0 Å². The number of pyridine rings is 1. The molecule has 4 heteroatoms. The molecule has 0 N–H and O–H groups in total. The molecule has 1 nitrogen and oxygen atoms in total. The van der Waals surface area contributed by atoms with Gasteiger partial charge in [-0.2, -0.15) is 0 Å². The lowest BCUT2D eigenvalue weighted by Crippen LogP contribution is -1.94. The molecular weight excluding hydrogens is 296 g/mol. The highest BCUT2D eigenvalue weighted by molar-refractivity contribution is 6.40. The van der Waals surface area contributed by atoms with Gasteiger partial charge in [-0.25, -0.2) is 9.37 Å². The minimum Gasteiger partial charge on any atom is -0.246 e. The van der Waals surface area contributed by atoms with E-state index in [4.69, 9.17) is 23.2 Å². The second-order valence-corrected chi connectivity index (χ2v) is 5.30. The highest BCUT2D eigenvalue weighted by Crippen LogP contribution is 2.36. The number of rotatable bonds is 1. The summed E-state index contributed by atoms with van der Waals surface area (Å²) in [6, 6.07) is 12.4. The summed E-state index contributed by atoms with van der Waals surface area (Å²) in [6.45, 7) is 1.83. The predicted molar refractivity (Wildman–Crippen MR) is 81.9 cm³/mol. The van der Waals surface area contributed by atoms with Gasteiger partial charge in [-0.1, -0.05) is 53.5 Å². The average molecular weight is 306 g/mol. The molecule has 3 rings (SSSR count). The molecule has 3 aromatic rings. The molecule has 0 aliphatic heterocycles. The van der Waals surface area contributed by atoms with Gasteiger partial charge < -0.3 is 0 Å². The molecule has 100 valence electrons. The van der Waals surface area contributed by atoms with Crippen molar-refractivity contribution >= 4 is 34.1 Å². The van der Waals surface area contributed by atoms with Gasteiger partial charge in [0, 0.05) is 5.56 Å². The molecule has 0 amide bonds. The van der Waals surface area contributed by atoms with Crippen LogP contribution in [0.3, 0.4) is 0 Å². The molecule has 0 atom stereocenters. The van der Waals surface area contributed by atoms with Crippen LogP contribution in [0.5, 0.6) is 0 Å². The lowest BCUT2D eigenvalue weighted by molar-refractivity contribution is 0.639. The van der Waals surface area contributed by atoms with E-state index in [1.807, 2.05) is 37.3 Å². The van der Waals surface area contributed by atoms with Gasteiger partial charge in [-0.3, -0.25) is 0 Å². The number of hydrogen-bond donors (Lipinski definition) is 0. The van der Waals surface area contributed by atoms with Crippen LogP contribution in [0.25, 0.3) is 22.2 Å². The molecule has 0 aliphatic rings. The molecule has 1 heterocycles. The van der Waals surface area contributed by atoms with Gasteiger partial charge in [0.1, 0.15) is 5.82 Å². The SMILES string of the molecule is Cc1c(-c2ccccc2)nc2c(Cl)ccc(F)c2c1Cl. The Morgan fingerprint density at radius 2 is 1.70 bits per heavy atom. The third-order valence-corrected chi connectivity index (χ3v) is 4.03. The minimum atomic E-state index is -0.412. The predicted octanol–water partition coefficient (Wildman–Crippen LogP) is 5.66. The van der Waals surface area contributed by atoms with Crippen LogP contribution >= 0.6 is 23.2 Å². The Kier molecular flexibility index (Phi) is 3.36. The zero-order valence-electron chi connectivity index (χ0n) is 10.6. The van der Waals surface area contributed by atoms with Crippen molar-refractivity contribution in [1.29, 1.82) is 0 Å². The molecule has 0 radical (unpaired) electrons. The molecular formula is C16H10Cl2FN. The molecule has 0 spiro atoms. The Morgan fingerprint density at radius 1 is 1.00 bits per heavy atom. The first kappa shape index (κ1) is 13.3. The van der Waals surface area contributed by atoms with Crippen molar-refractivity contribution in [3.63, 3.8) is 0 Å². The normalized spacial score (nSPS) is 11.0. The van der Waals surface area contributed by atoms with Gasteiger partial charge in [0.15, 0.2) is 0 Å². The molecule has 2 aromatic carbocycles. The van der Waals surface area contributed by atoms with Gasteiger partial charge in [-0.15, -0.1) is 0 Å². The summed E-state index contributed by atoms with van der Waals surface area (Å²) in [5.41, 5.74) is 2.78. The summed E-state index contributed by atoms with van der Waals surface area (Å²) in [7, 11) is 0. The van der Waals surface area contributed by atoms with Gasteiger partial charge >= 0.3 is 0 Å². The van der Waals surface area contributed by atoms with Gasteiger partial charge in [0.2, 0.25) is 0 Å². The van der Waals surface area contributed by atoms with E-state index >= 15 is 0 Å². The van der Waals surface area contributed by atoms with Crippen molar-refractivity contribution in [2.45, 2.75) is 6.92 Å². The van der Waals surface area contributed by atoms with Crippen molar-refractivity contribution in [3.05, 3.63) is 63.9 Å². The Morgan fingerprint density at radius 3 is 2.40 bits per heavy atom. The zero-order chi connectivity index (χ0) is 14.3. The topological polar surface area (TPSA) is 12.9 Å². The highest BCUT2D eigenvalue weighted by Gasteiger charge is 2.16. The van der Waals surface area contributed by atoms with Crippen molar-refractivity contribution in [1.82, 2.24) is 4.98 Å². The molecule has 0 unspecified atom stereocenters. The second-order valence-electron chi connectivity index (χ2n) is 4.52. The molecule has 0 saturated heterocycles. The Hall–Kier alpha value is -1.64. The number of aromatic nitrogens is 1. The van der Waals surface area contributed by atoms with Crippen molar-refractivity contribution in [3.8, 4) is 11.3 Å². The number of fused-ring (bicyclic) bond motifs is 1. The Bertz CT molecular complexity index is 801. The number of benzene rings is 2. The molecule has 1 aromatic heterocycles. The summed E-state index contributed by atoms with van der Waals surface area (Å²) < 4.78 is 14.0. The van der Waals surface area contributed by atoms with Crippen molar-refractivity contribution < 1.29 is 4.39 Å². The summed E-state index contributed by atoms with van der Waals surface area (Å²) in [4.78, 5) is 4.51. The zero-order valence-corrected chi connectivity index (χ0v) is 12.1. The van der Waals surface area contributed by atoms with Crippen LogP contribution in [-0.2, 0) is 0 Å².